The van der Waals surface area contributed by atoms with Crippen LogP contribution < -0.4 is 5.32 Å². The van der Waals surface area contributed by atoms with E-state index in [1.165, 1.54) is 23.1 Å². The number of benzene rings is 1. The molecule has 1 aromatic carbocycles. The van der Waals surface area contributed by atoms with Gasteiger partial charge in [-0.2, -0.15) is 0 Å². The Bertz CT molecular complexity index is 630. The summed E-state index contributed by atoms with van der Waals surface area (Å²) in [6, 6.07) is 3.53. The van der Waals surface area contributed by atoms with Crippen molar-refractivity contribution >= 4 is 23.3 Å². The lowest BCUT2D eigenvalue weighted by Gasteiger charge is -2.27. The van der Waals surface area contributed by atoms with Gasteiger partial charge in [0.25, 0.3) is 5.69 Å². The summed E-state index contributed by atoms with van der Waals surface area (Å²) in [6.07, 6.45) is 0.772. The first-order valence-electron chi connectivity index (χ1n) is 7.57. The van der Waals surface area contributed by atoms with Crippen molar-refractivity contribution in [1.82, 2.24) is 4.90 Å². The molecule has 0 aromatic heterocycles. The number of anilines is 1. The number of hydrogen-bond acceptors (Lipinski definition) is 6. The first-order chi connectivity index (χ1) is 11.2. The number of nitrogens with one attached hydrogen (secondary N) is 1. The minimum atomic E-state index is -0.802. The molecule has 8 heteroatoms. The normalized spacial score (nSPS) is 12.9. The average Bonchev–Trinajstić information content (AvgIpc) is 2.57. The fourth-order valence-electron chi connectivity index (χ4n) is 2.20. The molecule has 1 rings (SSSR count). The summed E-state index contributed by atoms with van der Waals surface area (Å²) < 4.78 is 4.60. The molecule has 0 heterocycles. The Kier molecular flexibility index (Phi) is 6.69. The van der Waals surface area contributed by atoms with E-state index in [4.69, 9.17) is 0 Å². The fraction of sp³-hybridized carbons (Fsp3) is 0.500. The third-order valence-corrected chi connectivity index (χ3v) is 3.84. The van der Waals surface area contributed by atoms with Crippen molar-refractivity contribution in [3.63, 3.8) is 0 Å². The van der Waals surface area contributed by atoms with Gasteiger partial charge in [0.05, 0.1) is 12.0 Å². The first kappa shape index (κ1) is 19.4. The zero-order valence-electron chi connectivity index (χ0n) is 14.5. The molecule has 0 aliphatic heterocycles. The highest BCUT2D eigenvalue weighted by Gasteiger charge is 2.27. The number of hydrogen-bond donors (Lipinski definition) is 1. The molecule has 0 aliphatic rings. The maximum atomic E-state index is 12.4. The van der Waals surface area contributed by atoms with E-state index in [0.717, 1.165) is 13.5 Å². The lowest BCUT2D eigenvalue weighted by atomic mass is 9.97. The van der Waals surface area contributed by atoms with Crippen LogP contribution in [-0.2, 0) is 9.53 Å². The van der Waals surface area contributed by atoms with Crippen molar-refractivity contribution in [3.8, 4) is 0 Å². The number of amides is 1. The van der Waals surface area contributed by atoms with Gasteiger partial charge in [0.15, 0.2) is 0 Å². The summed E-state index contributed by atoms with van der Waals surface area (Å²) in [6.45, 7) is 3.91. The van der Waals surface area contributed by atoms with Crippen molar-refractivity contribution in [3.05, 3.63) is 33.9 Å². The zero-order valence-corrected chi connectivity index (χ0v) is 14.5. The highest BCUT2D eigenvalue weighted by Crippen LogP contribution is 2.25. The van der Waals surface area contributed by atoms with Gasteiger partial charge in [0, 0.05) is 25.8 Å². The van der Waals surface area contributed by atoms with E-state index in [9.17, 15) is 19.7 Å². The number of carbonyl (C=O) groups is 2. The van der Waals surface area contributed by atoms with Crippen LogP contribution in [0.25, 0.3) is 0 Å². The summed E-state index contributed by atoms with van der Waals surface area (Å²) in [5.41, 5.74) is -0.0550. The van der Waals surface area contributed by atoms with Gasteiger partial charge in [0.2, 0.25) is 5.91 Å². The van der Waals surface area contributed by atoms with Gasteiger partial charge >= 0.3 is 5.97 Å². The molecule has 0 spiro atoms. The molecule has 24 heavy (non-hydrogen) atoms. The van der Waals surface area contributed by atoms with E-state index in [0.29, 0.717) is 5.69 Å². The minimum Gasteiger partial charge on any atom is -0.465 e. The summed E-state index contributed by atoms with van der Waals surface area (Å²) in [5, 5.41) is 14.1. The Balaban J connectivity index is 3.22. The van der Waals surface area contributed by atoms with Gasteiger partial charge in [-0.1, -0.05) is 20.3 Å². The smallest absolute Gasteiger partial charge is 0.344 e. The van der Waals surface area contributed by atoms with E-state index in [1.54, 1.807) is 14.1 Å². The van der Waals surface area contributed by atoms with Crippen LogP contribution in [0, 0.1) is 16.0 Å². The maximum absolute atomic E-state index is 12.4. The van der Waals surface area contributed by atoms with Gasteiger partial charge in [-0.25, -0.2) is 4.79 Å². The number of nitrogens with zero attached hydrogens (tertiary/aromatic N) is 2. The van der Waals surface area contributed by atoms with Crippen molar-refractivity contribution in [2.75, 3.05) is 26.5 Å². The second kappa shape index (κ2) is 8.28. The van der Waals surface area contributed by atoms with Gasteiger partial charge in [-0.15, -0.1) is 0 Å². The summed E-state index contributed by atoms with van der Waals surface area (Å²) in [7, 11) is 4.48. The molecular formula is C16H23N3O5. The largest absolute Gasteiger partial charge is 0.465 e. The summed E-state index contributed by atoms with van der Waals surface area (Å²) in [5.74, 6) is -0.872. The van der Waals surface area contributed by atoms with Crippen LogP contribution in [0.4, 0.5) is 11.4 Å². The Morgan fingerprint density at radius 2 is 2.00 bits per heavy atom. The Labute approximate surface area is 140 Å². The number of carbonyl (C=O) groups excluding carboxylic acids is 2. The van der Waals surface area contributed by atoms with Gasteiger partial charge in [0.1, 0.15) is 11.6 Å². The quantitative estimate of drug-likeness (QED) is 0.465. The van der Waals surface area contributed by atoms with Crippen LogP contribution in [0.15, 0.2) is 18.2 Å². The monoisotopic (exact) mass is 337 g/mol. The number of esters is 1. The van der Waals surface area contributed by atoms with Crippen LogP contribution >= 0.6 is 0 Å². The molecule has 2 atom stereocenters. The van der Waals surface area contributed by atoms with E-state index in [2.05, 4.69) is 10.1 Å². The van der Waals surface area contributed by atoms with Crippen LogP contribution in [0.1, 0.15) is 30.6 Å². The van der Waals surface area contributed by atoms with E-state index in [-0.39, 0.29) is 23.1 Å². The Hall–Kier alpha value is -2.64. The summed E-state index contributed by atoms with van der Waals surface area (Å²) >= 11 is 0. The highest BCUT2D eigenvalue weighted by atomic mass is 16.6. The summed E-state index contributed by atoms with van der Waals surface area (Å²) in [4.78, 5) is 36.0. The third kappa shape index (κ3) is 4.43. The van der Waals surface area contributed by atoms with Crippen molar-refractivity contribution in [2.45, 2.75) is 26.3 Å². The lowest BCUT2D eigenvalue weighted by Crippen LogP contribution is -2.43. The molecule has 0 saturated heterocycles. The molecule has 0 bridgehead atoms. The number of nitro groups is 1. The Morgan fingerprint density at radius 1 is 1.38 bits per heavy atom. The molecular weight excluding hydrogens is 314 g/mol. The van der Waals surface area contributed by atoms with Crippen LogP contribution in [0.5, 0.6) is 0 Å². The molecule has 0 radical (unpaired) electrons. The molecule has 1 aromatic rings. The van der Waals surface area contributed by atoms with E-state index >= 15 is 0 Å². The van der Waals surface area contributed by atoms with Crippen LogP contribution in [0.2, 0.25) is 0 Å². The van der Waals surface area contributed by atoms with Gasteiger partial charge in [-0.3, -0.25) is 14.9 Å². The van der Waals surface area contributed by atoms with Gasteiger partial charge < -0.3 is 15.0 Å². The molecule has 0 fully saturated rings. The molecule has 0 unspecified atom stereocenters. The SMILES string of the molecule is CC[C@H](C)[C@H](Nc1ccc([N+](=O)[O-])c(C(=O)OC)c1)C(=O)N(C)C. The third-order valence-electron chi connectivity index (χ3n) is 3.84. The number of likely N-dealkylation sites (N-methyl/N-ethyl adjacent to an activating group) is 1. The van der Waals surface area contributed by atoms with Crippen molar-refractivity contribution in [2.24, 2.45) is 5.92 Å². The van der Waals surface area contributed by atoms with Crippen LogP contribution in [-0.4, -0.2) is 48.9 Å². The molecule has 1 N–H and O–H groups in total. The second-order valence-corrected chi connectivity index (χ2v) is 5.72. The number of ether oxygens (including phenoxy) is 1. The van der Waals surface area contributed by atoms with Crippen molar-refractivity contribution < 1.29 is 19.2 Å². The highest BCUT2D eigenvalue weighted by molar-refractivity contribution is 5.95. The fourth-order valence-corrected chi connectivity index (χ4v) is 2.20. The number of nitro benzene ring substituents is 1. The predicted octanol–water partition coefficient (Wildman–Crippen LogP) is 2.30. The predicted molar refractivity (Wildman–Crippen MR) is 90.0 cm³/mol. The first-order valence-corrected chi connectivity index (χ1v) is 7.57. The molecule has 0 saturated carbocycles. The molecule has 132 valence electrons. The Morgan fingerprint density at radius 3 is 2.46 bits per heavy atom. The average molecular weight is 337 g/mol. The maximum Gasteiger partial charge on any atom is 0.344 e. The standard InChI is InChI=1S/C16H23N3O5/c1-6-10(2)14(15(20)18(3)4)17-11-7-8-13(19(22)23)12(9-11)16(21)24-5/h7-10,14,17H,6H2,1-5H3/t10-,14-/m0/s1. The molecule has 8 nitrogen and oxygen atoms in total. The zero-order chi connectivity index (χ0) is 18.4. The van der Waals surface area contributed by atoms with E-state index in [1.807, 2.05) is 13.8 Å². The van der Waals surface area contributed by atoms with Crippen LogP contribution in [0.3, 0.4) is 0 Å². The number of rotatable bonds is 7. The van der Waals surface area contributed by atoms with E-state index < -0.39 is 16.9 Å². The second-order valence-electron chi connectivity index (χ2n) is 5.72. The number of methoxy groups -OCH3 is 1. The van der Waals surface area contributed by atoms with Crippen molar-refractivity contribution in [1.29, 1.82) is 0 Å². The molecule has 0 aliphatic carbocycles. The molecule has 1 amide bonds. The topological polar surface area (TPSA) is 102 Å². The van der Waals surface area contributed by atoms with Gasteiger partial charge in [-0.05, 0) is 18.1 Å². The lowest BCUT2D eigenvalue weighted by molar-refractivity contribution is -0.385. The minimum absolute atomic E-state index is 0.0386.